The van der Waals surface area contributed by atoms with Crippen molar-refractivity contribution in [2.75, 3.05) is 60.2 Å². The molecule has 4 heterocycles. The highest BCUT2D eigenvalue weighted by Crippen LogP contribution is 2.44. The van der Waals surface area contributed by atoms with Gasteiger partial charge in [-0.05, 0) is 37.1 Å². The third-order valence-electron chi connectivity index (χ3n) is 7.47. The van der Waals surface area contributed by atoms with E-state index >= 15 is 0 Å². The predicted molar refractivity (Wildman–Crippen MR) is 135 cm³/mol. The number of H-pyrrole nitrogens is 1. The first-order valence-electron chi connectivity index (χ1n) is 12.2. The zero-order valence-corrected chi connectivity index (χ0v) is 22.4. The lowest BCUT2D eigenvalue weighted by Crippen LogP contribution is -2.65. The summed E-state index contributed by atoms with van der Waals surface area (Å²) in [6.07, 6.45) is 1.39. The van der Waals surface area contributed by atoms with E-state index in [9.17, 15) is 18.0 Å². The fourth-order valence-corrected chi connectivity index (χ4v) is 7.22. The summed E-state index contributed by atoms with van der Waals surface area (Å²) in [5, 5.41) is 1.13. The minimum atomic E-state index is -4.05. The number of carbonyl (C=O) groups excluding carboxylic acids is 2. The molecule has 0 bridgehead atoms. The van der Waals surface area contributed by atoms with E-state index in [2.05, 4.69) is 4.98 Å². The van der Waals surface area contributed by atoms with Crippen molar-refractivity contribution >= 4 is 44.3 Å². The van der Waals surface area contributed by atoms with E-state index in [1.54, 1.807) is 35.1 Å². The summed E-state index contributed by atoms with van der Waals surface area (Å²) >= 11 is 6.06. The molecular formula is C24H31ClN4O7S. The number of piperazine rings is 1. The topological polar surface area (TPSA) is 121 Å². The summed E-state index contributed by atoms with van der Waals surface area (Å²) < 4.78 is 45.5. The number of benzene rings is 1. The largest absolute Gasteiger partial charge is 0.384 e. The Morgan fingerprint density at radius 1 is 1.16 bits per heavy atom. The highest BCUT2D eigenvalue weighted by molar-refractivity contribution is 7.89. The Labute approximate surface area is 220 Å². The van der Waals surface area contributed by atoms with Crippen molar-refractivity contribution in [2.24, 2.45) is 0 Å². The summed E-state index contributed by atoms with van der Waals surface area (Å²) in [4.78, 5) is 32.1. The number of aromatic amines is 1. The van der Waals surface area contributed by atoms with Gasteiger partial charge in [0.25, 0.3) is 10.0 Å². The molecule has 5 rings (SSSR count). The molecule has 1 unspecified atom stereocenters. The maximum Gasteiger partial charge on any atom is 0.259 e. The molecule has 202 valence electrons. The number of rotatable bonds is 7. The molecule has 3 fully saturated rings. The van der Waals surface area contributed by atoms with Gasteiger partial charge in [0, 0.05) is 43.2 Å². The summed E-state index contributed by atoms with van der Waals surface area (Å²) in [7, 11) is -0.991. The monoisotopic (exact) mass is 554 g/mol. The molecule has 0 aliphatic carbocycles. The van der Waals surface area contributed by atoms with Gasteiger partial charge in [-0.3, -0.25) is 9.59 Å². The first-order chi connectivity index (χ1) is 17.6. The highest BCUT2D eigenvalue weighted by atomic mass is 35.5. The van der Waals surface area contributed by atoms with Crippen LogP contribution in [0.25, 0.3) is 10.9 Å². The second-order valence-electron chi connectivity index (χ2n) is 9.91. The van der Waals surface area contributed by atoms with E-state index in [4.69, 9.17) is 25.8 Å². The molecule has 13 heteroatoms. The Balaban J connectivity index is 1.38. The molecule has 3 saturated heterocycles. The van der Waals surface area contributed by atoms with Crippen molar-refractivity contribution in [1.29, 1.82) is 0 Å². The van der Waals surface area contributed by atoms with Crippen molar-refractivity contribution in [3.63, 3.8) is 0 Å². The molecule has 37 heavy (non-hydrogen) atoms. The molecule has 2 amide bonds. The fraction of sp³-hybridized carbons (Fsp3) is 0.583. The van der Waals surface area contributed by atoms with Crippen LogP contribution in [0.4, 0.5) is 0 Å². The number of halogens is 1. The van der Waals surface area contributed by atoms with Gasteiger partial charge in [0.05, 0.1) is 44.9 Å². The van der Waals surface area contributed by atoms with Crippen LogP contribution in [0.15, 0.2) is 29.3 Å². The minimum Gasteiger partial charge on any atom is -0.384 e. The molecule has 3 aliphatic heterocycles. The summed E-state index contributed by atoms with van der Waals surface area (Å²) in [6.45, 7) is 1.33. The van der Waals surface area contributed by atoms with Crippen molar-refractivity contribution in [3.05, 3.63) is 29.3 Å². The summed E-state index contributed by atoms with van der Waals surface area (Å²) in [5.41, 5.74) is -1.30. The molecule has 1 aromatic heterocycles. The number of carbonyl (C=O) groups is 2. The molecule has 11 nitrogen and oxygen atoms in total. The van der Waals surface area contributed by atoms with Crippen molar-refractivity contribution in [1.82, 2.24) is 19.1 Å². The first-order valence-corrected chi connectivity index (χ1v) is 14.0. The molecule has 3 aliphatic rings. The molecule has 2 aromatic rings. The SMILES string of the molecule is COCCC(=O)N1CCC2(CC1)CN1C(=O)CN(S(=O)(=O)c3cc4cc(Cl)ccc4[nH]3)CC1(COC)O2. The van der Waals surface area contributed by atoms with Gasteiger partial charge in [-0.2, -0.15) is 4.31 Å². The molecular weight excluding hydrogens is 524 g/mol. The maximum absolute atomic E-state index is 13.6. The van der Waals surface area contributed by atoms with Gasteiger partial charge in [-0.1, -0.05) is 11.6 Å². The molecule has 1 atom stereocenters. The third kappa shape index (κ3) is 4.75. The number of fused-ring (bicyclic) bond motifs is 2. The fourth-order valence-electron chi connectivity index (χ4n) is 5.60. The Hall–Kier alpha value is -2.22. The predicted octanol–water partition coefficient (Wildman–Crippen LogP) is 1.42. The van der Waals surface area contributed by atoms with Crippen LogP contribution in [0.2, 0.25) is 5.02 Å². The van der Waals surface area contributed by atoms with E-state index in [0.29, 0.717) is 61.4 Å². The lowest BCUT2D eigenvalue weighted by Gasteiger charge is -2.44. The Bertz CT molecular complexity index is 1310. The van der Waals surface area contributed by atoms with Crippen LogP contribution in [-0.2, 0) is 33.8 Å². The minimum absolute atomic E-state index is 0.0192. The molecule has 1 spiro atoms. The standard InChI is InChI=1S/C24H31ClN4O7S/c1-34-10-5-21(30)27-8-6-23(7-9-27)14-29-22(31)13-28(15-24(29,36-23)16-35-2)37(32,33)20-12-17-11-18(25)3-4-19(17)26-20/h3-4,11-12,26H,5-10,13-16H2,1-2H3. The van der Waals surface area contributed by atoms with E-state index in [1.165, 1.54) is 13.2 Å². The van der Waals surface area contributed by atoms with Gasteiger partial charge >= 0.3 is 0 Å². The van der Waals surface area contributed by atoms with Gasteiger partial charge in [0.1, 0.15) is 5.03 Å². The normalized spacial score (nSPS) is 24.2. The van der Waals surface area contributed by atoms with Crippen LogP contribution in [-0.4, -0.2) is 111 Å². The van der Waals surface area contributed by atoms with Gasteiger partial charge in [-0.15, -0.1) is 0 Å². The van der Waals surface area contributed by atoms with Crippen LogP contribution in [0.1, 0.15) is 19.3 Å². The number of nitrogens with one attached hydrogen (secondary N) is 1. The molecule has 0 saturated carbocycles. The number of likely N-dealkylation sites (tertiary alicyclic amines) is 1. The van der Waals surface area contributed by atoms with Gasteiger partial charge < -0.3 is 29.0 Å². The number of amides is 2. The van der Waals surface area contributed by atoms with Gasteiger partial charge in [0.2, 0.25) is 11.8 Å². The van der Waals surface area contributed by atoms with E-state index in [0.717, 1.165) is 4.31 Å². The number of hydrogen-bond acceptors (Lipinski definition) is 7. The van der Waals surface area contributed by atoms with Crippen LogP contribution in [0.3, 0.4) is 0 Å². The number of aromatic nitrogens is 1. The number of piperidine rings is 1. The third-order valence-corrected chi connectivity index (χ3v) is 9.42. The number of methoxy groups -OCH3 is 2. The first kappa shape index (κ1) is 26.4. The summed E-state index contributed by atoms with van der Waals surface area (Å²) in [6, 6.07) is 6.58. The van der Waals surface area contributed by atoms with Crippen LogP contribution >= 0.6 is 11.6 Å². The second kappa shape index (κ2) is 9.83. The number of hydrogen-bond donors (Lipinski definition) is 1. The van der Waals surface area contributed by atoms with Crippen LogP contribution in [0, 0.1) is 0 Å². The smallest absolute Gasteiger partial charge is 0.259 e. The molecule has 0 radical (unpaired) electrons. The van der Waals surface area contributed by atoms with E-state index < -0.39 is 21.3 Å². The lowest BCUT2D eigenvalue weighted by molar-refractivity contribution is -0.197. The summed E-state index contributed by atoms with van der Waals surface area (Å²) in [5.74, 6) is -0.325. The van der Waals surface area contributed by atoms with E-state index in [1.807, 2.05) is 0 Å². The van der Waals surface area contributed by atoms with Crippen LogP contribution in [0.5, 0.6) is 0 Å². The maximum atomic E-state index is 13.6. The van der Waals surface area contributed by atoms with Gasteiger partial charge in [0.15, 0.2) is 5.72 Å². The van der Waals surface area contributed by atoms with Crippen LogP contribution < -0.4 is 0 Å². The number of sulfonamides is 1. The Morgan fingerprint density at radius 3 is 2.62 bits per heavy atom. The molecule has 1 aromatic carbocycles. The van der Waals surface area contributed by atoms with Gasteiger partial charge in [-0.25, -0.2) is 8.42 Å². The Kier molecular flexibility index (Phi) is 7.01. The average molecular weight is 555 g/mol. The highest BCUT2D eigenvalue weighted by Gasteiger charge is 2.61. The number of nitrogens with zero attached hydrogens (tertiary/aromatic N) is 3. The zero-order chi connectivity index (χ0) is 26.4. The van der Waals surface area contributed by atoms with Crippen molar-refractivity contribution in [3.8, 4) is 0 Å². The lowest BCUT2D eigenvalue weighted by atomic mass is 9.91. The quantitative estimate of drug-likeness (QED) is 0.549. The average Bonchev–Trinajstić information content (AvgIpc) is 3.43. The van der Waals surface area contributed by atoms with E-state index in [-0.39, 0.29) is 36.5 Å². The molecule has 1 N–H and O–H groups in total. The zero-order valence-electron chi connectivity index (χ0n) is 20.9. The van der Waals surface area contributed by atoms with Crippen molar-refractivity contribution in [2.45, 2.75) is 35.6 Å². The Morgan fingerprint density at radius 2 is 1.92 bits per heavy atom. The number of ether oxygens (including phenoxy) is 3. The second-order valence-corrected chi connectivity index (χ2v) is 12.2. The van der Waals surface area contributed by atoms with Crippen molar-refractivity contribution < 1.29 is 32.2 Å².